The zero-order chi connectivity index (χ0) is 12.9. The first-order chi connectivity index (χ1) is 8.58. The Bertz CT molecular complexity index is 576. The van der Waals surface area contributed by atoms with Gasteiger partial charge in [0.2, 0.25) is 0 Å². The van der Waals surface area contributed by atoms with Gasteiger partial charge in [-0.2, -0.15) is 5.10 Å². The normalized spacial score (nSPS) is 21.5. The maximum atomic E-state index is 13.4. The highest BCUT2D eigenvalue weighted by Crippen LogP contribution is 2.38. The van der Waals surface area contributed by atoms with Crippen LogP contribution in [0.25, 0.3) is 0 Å². The number of hydrogen-bond donors (Lipinski definition) is 1. The molecule has 0 radical (unpaired) electrons. The Morgan fingerprint density at radius 2 is 2.39 bits per heavy atom. The van der Waals surface area contributed by atoms with Crippen molar-refractivity contribution in [2.24, 2.45) is 5.10 Å². The van der Waals surface area contributed by atoms with Crippen LogP contribution >= 0.6 is 15.9 Å². The summed E-state index contributed by atoms with van der Waals surface area (Å²) in [7, 11) is 0. The third-order valence-electron chi connectivity index (χ3n) is 2.96. The topological polar surface area (TPSA) is 53.9 Å². The Morgan fingerprint density at radius 1 is 1.61 bits per heavy atom. The van der Waals surface area contributed by atoms with Crippen molar-refractivity contribution >= 4 is 33.4 Å². The summed E-state index contributed by atoms with van der Waals surface area (Å²) in [6, 6.07) is 2.49. The smallest absolute Gasteiger partial charge is 0.262 e. The Balaban J connectivity index is 2.16. The molecule has 0 bridgehead atoms. The molecule has 1 amide bonds. The van der Waals surface area contributed by atoms with Gasteiger partial charge in [0.25, 0.3) is 5.91 Å². The summed E-state index contributed by atoms with van der Waals surface area (Å²) >= 11 is 3.13. The number of fused-ring (bicyclic) bond motifs is 3. The number of carbonyl (C=O) groups is 1. The number of nitrogens with zero attached hydrogens (tertiary/aromatic N) is 2. The minimum atomic E-state index is -0.405. The fraction of sp³-hybridized carbons (Fsp3) is 0.273. The van der Waals surface area contributed by atoms with Crippen LogP contribution in [0.15, 0.2) is 21.7 Å². The molecular weight excluding hydrogens is 305 g/mol. The minimum Gasteiger partial charge on any atom is -0.483 e. The quantitative estimate of drug-likeness (QED) is 0.792. The summed E-state index contributed by atoms with van der Waals surface area (Å²) in [4.78, 5) is 13.4. The molecule has 0 spiro atoms. The molecule has 0 saturated carbocycles. The summed E-state index contributed by atoms with van der Waals surface area (Å²) in [5.41, 5.74) is 3.06. The summed E-state index contributed by atoms with van der Waals surface area (Å²) in [6.45, 7) is 1.97. The first-order valence-corrected chi connectivity index (χ1v) is 6.14. The zero-order valence-electron chi connectivity index (χ0n) is 9.41. The van der Waals surface area contributed by atoms with E-state index in [1.54, 1.807) is 17.9 Å². The van der Waals surface area contributed by atoms with E-state index in [1.165, 1.54) is 6.07 Å². The van der Waals surface area contributed by atoms with Crippen molar-refractivity contribution in [2.75, 3.05) is 11.5 Å². The molecule has 0 aliphatic carbocycles. The standard InChI is InChI=1S/C11H9BrFN3O2/c1-5-11(17)15-14-10-4-18-9-3-7(13)6(12)2-8(9)16(5)10/h2-3,5H,4H2,1H3,(H,15,17). The van der Waals surface area contributed by atoms with Crippen LogP contribution < -0.4 is 15.1 Å². The van der Waals surface area contributed by atoms with Crippen LogP contribution in [-0.4, -0.2) is 24.4 Å². The summed E-state index contributed by atoms with van der Waals surface area (Å²) in [6.07, 6.45) is 0. The lowest BCUT2D eigenvalue weighted by atomic mass is 10.1. The van der Waals surface area contributed by atoms with E-state index < -0.39 is 11.9 Å². The SMILES string of the molecule is CC1C(=O)NN=C2COc3cc(F)c(Br)cc3N21. The Hall–Kier alpha value is -1.63. The lowest BCUT2D eigenvalue weighted by Gasteiger charge is -2.38. The van der Waals surface area contributed by atoms with Gasteiger partial charge in [0.15, 0.2) is 5.84 Å². The number of hydrazone groups is 1. The van der Waals surface area contributed by atoms with Gasteiger partial charge in [-0.15, -0.1) is 0 Å². The maximum absolute atomic E-state index is 13.4. The Labute approximate surface area is 111 Å². The van der Waals surface area contributed by atoms with E-state index in [0.29, 0.717) is 21.7 Å². The van der Waals surface area contributed by atoms with Crippen molar-refractivity contribution in [1.82, 2.24) is 5.43 Å². The number of anilines is 1. The number of rotatable bonds is 0. The fourth-order valence-electron chi connectivity index (χ4n) is 2.02. The van der Waals surface area contributed by atoms with Crippen LogP contribution in [0, 0.1) is 5.82 Å². The molecule has 1 aromatic rings. The summed E-state index contributed by atoms with van der Waals surface area (Å²) in [5, 5.41) is 3.94. The van der Waals surface area contributed by atoms with Crippen LogP contribution in [0.2, 0.25) is 0 Å². The van der Waals surface area contributed by atoms with Crippen molar-refractivity contribution in [2.45, 2.75) is 13.0 Å². The van der Waals surface area contributed by atoms with Gasteiger partial charge in [-0.05, 0) is 28.9 Å². The van der Waals surface area contributed by atoms with Crippen LogP contribution in [0.3, 0.4) is 0 Å². The zero-order valence-corrected chi connectivity index (χ0v) is 11.0. The van der Waals surface area contributed by atoms with Gasteiger partial charge >= 0.3 is 0 Å². The average molecular weight is 314 g/mol. The van der Waals surface area contributed by atoms with Gasteiger partial charge in [0, 0.05) is 6.07 Å². The molecule has 5 nitrogen and oxygen atoms in total. The number of ether oxygens (including phenoxy) is 1. The van der Waals surface area contributed by atoms with Gasteiger partial charge in [-0.3, -0.25) is 4.79 Å². The van der Waals surface area contributed by atoms with Crippen molar-refractivity contribution in [3.8, 4) is 5.75 Å². The van der Waals surface area contributed by atoms with E-state index in [0.717, 1.165) is 0 Å². The van der Waals surface area contributed by atoms with Crippen molar-refractivity contribution < 1.29 is 13.9 Å². The van der Waals surface area contributed by atoms with E-state index in [1.807, 2.05) is 0 Å². The number of amidine groups is 1. The number of nitrogens with one attached hydrogen (secondary N) is 1. The largest absolute Gasteiger partial charge is 0.483 e. The molecule has 2 heterocycles. The second-order valence-electron chi connectivity index (χ2n) is 4.07. The molecule has 1 N–H and O–H groups in total. The van der Waals surface area contributed by atoms with Gasteiger partial charge < -0.3 is 9.64 Å². The molecule has 0 saturated heterocycles. The molecule has 2 aliphatic rings. The third kappa shape index (κ3) is 1.58. The molecule has 1 atom stereocenters. The second-order valence-corrected chi connectivity index (χ2v) is 4.93. The molecular formula is C11H9BrFN3O2. The number of benzene rings is 1. The molecule has 2 aliphatic heterocycles. The first-order valence-electron chi connectivity index (χ1n) is 5.35. The monoisotopic (exact) mass is 313 g/mol. The highest BCUT2D eigenvalue weighted by Gasteiger charge is 2.35. The number of halogens is 2. The average Bonchev–Trinajstić information content (AvgIpc) is 2.35. The van der Waals surface area contributed by atoms with Gasteiger partial charge in [0.05, 0.1) is 10.2 Å². The molecule has 94 valence electrons. The molecule has 3 rings (SSSR count). The van der Waals surface area contributed by atoms with E-state index in [-0.39, 0.29) is 12.5 Å². The predicted octanol–water partition coefficient (Wildman–Crippen LogP) is 1.62. The highest BCUT2D eigenvalue weighted by atomic mass is 79.9. The molecule has 1 unspecified atom stereocenters. The second kappa shape index (κ2) is 3.94. The minimum absolute atomic E-state index is 0.202. The third-order valence-corrected chi connectivity index (χ3v) is 3.57. The van der Waals surface area contributed by atoms with E-state index in [9.17, 15) is 9.18 Å². The Kier molecular flexibility index (Phi) is 2.51. The predicted molar refractivity (Wildman–Crippen MR) is 67.1 cm³/mol. The number of hydrogen-bond acceptors (Lipinski definition) is 4. The van der Waals surface area contributed by atoms with Crippen LogP contribution in [0.4, 0.5) is 10.1 Å². The van der Waals surface area contributed by atoms with E-state index in [4.69, 9.17) is 4.74 Å². The fourth-order valence-corrected chi connectivity index (χ4v) is 2.35. The van der Waals surface area contributed by atoms with Gasteiger partial charge in [-0.1, -0.05) is 0 Å². The summed E-state index contributed by atoms with van der Waals surface area (Å²) in [5.74, 6) is 0.416. The molecule has 7 heteroatoms. The highest BCUT2D eigenvalue weighted by molar-refractivity contribution is 9.10. The van der Waals surface area contributed by atoms with E-state index >= 15 is 0 Å². The maximum Gasteiger partial charge on any atom is 0.262 e. The summed E-state index contributed by atoms with van der Waals surface area (Å²) < 4.78 is 19.2. The van der Waals surface area contributed by atoms with Gasteiger partial charge in [0.1, 0.15) is 24.2 Å². The lowest BCUT2D eigenvalue weighted by Crippen LogP contribution is -2.55. The molecule has 18 heavy (non-hydrogen) atoms. The molecule has 0 aromatic heterocycles. The van der Waals surface area contributed by atoms with Gasteiger partial charge in [-0.25, -0.2) is 9.82 Å². The molecule has 0 fully saturated rings. The van der Waals surface area contributed by atoms with Crippen LogP contribution in [-0.2, 0) is 4.79 Å². The lowest BCUT2D eigenvalue weighted by molar-refractivity contribution is -0.122. The number of amides is 1. The van der Waals surface area contributed by atoms with E-state index in [2.05, 4.69) is 26.5 Å². The van der Waals surface area contributed by atoms with Crippen molar-refractivity contribution in [1.29, 1.82) is 0 Å². The van der Waals surface area contributed by atoms with Crippen LogP contribution in [0.1, 0.15) is 6.92 Å². The Morgan fingerprint density at radius 3 is 3.17 bits per heavy atom. The number of carbonyl (C=O) groups excluding carboxylic acids is 1. The molecule has 1 aromatic carbocycles. The van der Waals surface area contributed by atoms with Crippen molar-refractivity contribution in [3.63, 3.8) is 0 Å². The van der Waals surface area contributed by atoms with Crippen LogP contribution in [0.5, 0.6) is 5.75 Å². The first kappa shape index (κ1) is 11.5. The van der Waals surface area contributed by atoms with Crippen molar-refractivity contribution in [3.05, 3.63) is 22.4 Å².